The molecule has 0 unspecified atom stereocenters. The van der Waals surface area contributed by atoms with E-state index < -0.39 is 0 Å². The summed E-state index contributed by atoms with van der Waals surface area (Å²) in [5, 5.41) is 5.58. The molecule has 2 aromatic carbocycles. The molecule has 0 atom stereocenters. The Morgan fingerprint density at radius 3 is 2.08 bits per heavy atom. The first kappa shape index (κ1) is 16.9. The molecule has 0 saturated heterocycles. The summed E-state index contributed by atoms with van der Waals surface area (Å²) in [5.41, 5.74) is 1.94. The van der Waals surface area contributed by atoms with E-state index in [1.54, 1.807) is 67.0 Å². The number of pyridine rings is 1. The van der Waals surface area contributed by atoms with Crippen LogP contribution in [0.15, 0.2) is 77.5 Å². The van der Waals surface area contributed by atoms with E-state index >= 15 is 0 Å². The van der Waals surface area contributed by atoms with Gasteiger partial charge in [-0.1, -0.05) is 24.3 Å². The summed E-state index contributed by atoms with van der Waals surface area (Å²) in [6, 6.07) is 17.4. The molecule has 0 aliphatic rings. The molecule has 2 amide bonds. The molecule has 0 fully saturated rings. The summed E-state index contributed by atoms with van der Waals surface area (Å²) in [7, 11) is 0. The van der Waals surface area contributed by atoms with Crippen molar-refractivity contribution in [3.8, 4) is 0 Å². The lowest BCUT2D eigenvalue weighted by Crippen LogP contribution is -2.18. The molecule has 124 valence electrons. The fourth-order valence-corrected chi connectivity index (χ4v) is 2.72. The summed E-state index contributed by atoms with van der Waals surface area (Å²) in [6.07, 6.45) is 3.19. The highest BCUT2D eigenvalue weighted by atomic mass is 79.9. The van der Waals surface area contributed by atoms with Crippen molar-refractivity contribution in [3.63, 3.8) is 0 Å². The van der Waals surface area contributed by atoms with Gasteiger partial charge >= 0.3 is 0 Å². The van der Waals surface area contributed by atoms with Gasteiger partial charge in [-0.25, -0.2) is 0 Å². The third kappa shape index (κ3) is 4.10. The Morgan fingerprint density at radius 1 is 0.760 bits per heavy atom. The summed E-state index contributed by atoms with van der Waals surface area (Å²) in [4.78, 5) is 28.9. The van der Waals surface area contributed by atoms with Gasteiger partial charge in [0.05, 0.1) is 16.8 Å². The number of hydrogen-bond acceptors (Lipinski definition) is 3. The summed E-state index contributed by atoms with van der Waals surface area (Å²) in [5.74, 6) is -0.606. The quantitative estimate of drug-likeness (QED) is 0.689. The molecule has 5 nitrogen and oxygen atoms in total. The highest BCUT2D eigenvalue weighted by molar-refractivity contribution is 9.10. The second-order valence-corrected chi connectivity index (χ2v) is 6.02. The van der Waals surface area contributed by atoms with Crippen molar-refractivity contribution in [1.82, 2.24) is 4.98 Å². The first-order valence-electron chi connectivity index (χ1n) is 7.51. The van der Waals surface area contributed by atoms with Crippen LogP contribution in [0, 0.1) is 0 Å². The van der Waals surface area contributed by atoms with Crippen LogP contribution in [0.5, 0.6) is 0 Å². The number of anilines is 2. The SMILES string of the molecule is O=C(Nc1ccccc1C(=O)Nc1ccncc1)c1ccccc1Br. The van der Waals surface area contributed by atoms with E-state index in [1.165, 1.54) is 0 Å². The van der Waals surface area contributed by atoms with E-state index in [2.05, 4.69) is 31.5 Å². The summed E-state index contributed by atoms with van der Waals surface area (Å²) < 4.78 is 0.686. The van der Waals surface area contributed by atoms with Crippen molar-refractivity contribution in [2.24, 2.45) is 0 Å². The van der Waals surface area contributed by atoms with Gasteiger partial charge in [-0.15, -0.1) is 0 Å². The first-order valence-corrected chi connectivity index (χ1v) is 8.31. The van der Waals surface area contributed by atoms with Crippen LogP contribution in [0.3, 0.4) is 0 Å². The zero-order chi connectivity index (χ0) is 17.6. The largest absolute Gasteiger partial charge is 0.322 e. The molecule has 25 heavy (non-hydrogen) atoms. The number of nitrogens with zero attached hydrogens (tertiary/aromatic N) is 1. The highest BCUT2D eigenvalue weighted by Crippen LogP contribution is 2.21. The summed E-state index contributed by atoms with van der Waals surface area (Å²) >= 11 is 3.36. The molecule has 2 N–H and O–H groups in total. The van der Waals surface area contributed by atoms with Crippen LogP contribution in [-0.4, -0.2) is 16.8 Å². The van der Waals surface area contributed by atoms with Gasteiger partial charge in [0.1, 0.15) is 0 Å². The lowest BCUT2D eigenvalue weighted by molar-refractivity contribution is 0.102. The van der Waals surface area contributed by atoms with Crippen LogP contribution in [-0.2, 0) is 0 Å². The van der Waals surface area contributed by atoms with Crippen molar-refractivity contribution in [2.75, 3.05) is 10.6 Å². The standard InChI is InChI=1S/C19H14BrN3O2/c20-16-7-3-1-5-14(16)18(24)23-17-8-4-2-6-15(17)19(25)22-13-9-11-21-12-10-13/h1-12H,(H,23,24)(H,21,22,25). The number of para-hydroxylation sites is 1. The third-order valence-corrected chi connectivity index (χ3v) is 4.17. The van der Waals surface area contributed by atoms with Crippen LogP contribution >= 0.6 is 15.9 Å². The maximum Gasteiger partial charge on any atom is 0.257 e. The van der Waals surface area contributed by atoms with Crippen LogP contribution in [0.25, 0.3) is 0 Å². The molecule has 0 radical (unpaired) electrons. The zero-order valence-corrected chi connectivity index (χ0v) is 14.7. The van der Waals surface area contributed by atoms with Crippen molar-refractivity contribution in [3.05, 3.63) is 88.7 Å². The van der Waals surface area contributed by atoms with Crippen molar-refractivity contribution < 1.29 is 9.59 Å². The number of aromatic nitrogens is 1. The molecule has 0 spiro atoms. The molecule has 0 aliphatic heterocycles. The monoisotopic (exact) mass is 395 g/mol. The Kier molecular flexibility index (Phi) is 5.20. The van der Waals surface area contributed by atoms with Crippen molar-refractivity contribution >= 4 is 39.1 Å². The predicted molar refractivity (Wildman–Crippen MR) is 101 cm³/mol. The Balaban J connectivity index is 1.82. The lowest BCUT2D eigenvalue weighted by atomic mass is 10.1. The first-order chi connectivity index (χ1) is 12.1. The minimum atomic E-state index is -0.311. The number of hydrogen-bond donors (Lipinski definition) is 2. The van der Waals surface area contributed by atoms with Crippen LogP contribution in [0.1, 0.15) is 20.7 Å². The molecule has 0 saturated carbocycles. The summed E-state index contributed by atoms with van der Waals surface area (Å²) in [6.45, 7) is 0. The van der Waals surface area contributed by atoms with Crippen LogP contribution in [0.2, 0.25) is 0 Å². The lowest BCUT2D eigenvalue weighted by Gasteiger charge is -2.12. The maximum atomic E-state index is 12.5. The Bertz CT molecular complexity index is 913. The van der Waals surface area contributed by atoms with E-state index in [1.807, 2.05) is 6.07 Å². The number of carbonyl (C=O) groups is 2. The minimum Gasteiger partial charge on any atom is -0.322 e. The molecule has 6 heteroatoms. The second kappa shape index (κ2) is 7.72. The van der Waals surface area contributed by atoms with Gasteiger partial charge in [0.2, 0.25) is 0 Å². The van der Waals surface area contributed by atoms with E-state index in [0.717, 1.165) is 0 Å². The van der Waals surface area contributed by atoms with Crippen LogP contribution < -0.4 is 10.6 Å². The van der Waals surface area contributed by atoms with Gasteiger partial charge in [0, 0.05) is 22.6 Å². The van der Waals surface area contributed by atoms with E-state index in [9.17, 15) is 9.59 Å². The number of rotatable bonds is 4. The molecule has 0 bridgehead atoms. The van der Waals surface area contributed by atoms with Gasteiger partial charge in [-0.05, 0) is 52.3 Å². The van der Waals surface area contributed by atoms with Gasteiger partial charge in [-0.2, -0.15) is 0 Å². The number of amides is 2. The van der Waals surface area contributed by atoms with Gasteiger partial charge < -0.3 is 10.6 Å². The number of carbonyl (C=O) groups excluding carboxylic acids is 2. The maximum absolute atomic E-state index is 12.5. The predicted octanol–water partition coefficient (Wildman–Crippen LogP) is 4.35. The molecule has 0 aliphatic carbocycles. The topological polar surface area (TPSA) is 71.1 Å². The van der Waals surface area contributed by atoms with Crippen molar-refractivity contribution in [2.45, 2.75) is 0 Å². The fraction of sp³-hybridized carbons (Fsp3) is 0. The normalized spacial score (nSPS) is 10.1. The second-order valence-electron chi connectivity index (χ2n) is 5.17. The Hall–Kier alpha value is -2.99. The molecule has 3 aromatic rings. The Morgan fingerprint density at radius 2 is 1.36 bits per heavy atom. The minimum absolute atomic E-state index is 0.295. The molecule has 1 aromatic heterocycles. The Labute approximate surface area is 153 Å². The zero-order valence-electron chi connectivity index (χ0n) is 13.1. The fourth-order valence-electron chi connectivity index (χ4n) is 2.26. The number of benzene rings is 2. The van der Waals surface area contributed by atoms with Crippen molar-refractivity contribution in [1.29, 1.82) is 0 Å². The van der Waals surface area contributed by atoms with Gasteiger partial charge in [0.15, 0.2) is 0 Å². The molecular formula is C19H14BrN3O2. The number of nitrogens with one attached hydrogen (secondary N) is 2. The molecule has 3 rings (SSSR count). The van der Waals surface area contributed by atoms with E-state index in [-0.39, 0.29) is 11.8 Å². The van der Waals surface area contributed by atoms with Gasteiger partial charge in [0.25, 0.3) is 11.8 Å². The van der Waals surface area contributed by atoms with E-state index in [4.69, 9.17) is 0 Å². The number of halogens is 1. The third-order valence-electron chi connectivity index (χ3n) is 3.48. The van der Waals surface area contributed by atoms with Gasteiger partial charge in [-0.3, -0.25) is 14.6 Å². The smallest absolute Gasteiger partial charge is 0.257 e. The molecule has 1 heterocycles. The average Bonchev–Trinajstić information content (AvgIpc) is 2.63. The van der Waals surface area contributed by atoms with Crippen LogP contribution in [0.4, 0.5) is 11.4 Å². The average molecular weight is 396 g/mol. The molecular weight excluding hydrogens is 382 g/mol. The van der Waals surface area contributed by atoms with E-state index in [0.29, 0.717) is 27.0 Å². The highest BCUT2D eigenvalue weighted by Gasteiger charge is 2.15.